The van der Waals surface area contributed by atoms with Crippen molar-refractivity contribution in [3.8, 4) is 23.0 Å². The SMILES string of the molecule is COc1ccccc1C(=C(c1ccccc1OC)c1ccccc1OC)c1ccccc1OC. The van der Waals surface area contributed by atoms with E-state index < -0.39 is 0 Å². The molecule has 0 N–H and O–H groups in total. The van der Waals surface area contributed by atoms with Crippen LogP contribution in [0, 0.1) is 0 Å². The fourth-order valence-corrected chi connectivity index (χ4v) is 4.23. The topological polar surface area (TPSA) is 36.9 Å². The number of para-hydroxylation sites is 4. The summed E-state index contributed by atoms with van der Waals surface area (Å²) in [4.78, 5) is 0. The van der Waals surface area contributed by atoms with Gasteiger partial charge in [-0.25, -0.2) is 0 Å². The van der Waals surface area contributed by atoms with Crippen LogP contribution in [0.15, 0.2) is 97.1 Å². The Hall–Kier alpha value is -4.18. The highest BCUT2D eigenvalue weighted by atomic mass is 16.5. The quantitative estimate of drug-likeness (QED) is 0.278. The Morgan fingerprint density at radius 1 is 0.353 bits per heavy atom. The summed E-state index contributed by atoms with van der Waals surface area (Å²) in [5, 5.41) is 0. The number of hydrogen-bond acceptors (Lipinski definition) is 4. The van der Waals surface area contributed by atoms with E-state index in [9.17, 15) is 0 Å². The van der Waals surface area contributed by atoms with Gasteiger partial charge in [-0.2, -0.15) is 0 Å². The van der Waals surface area contributed by atoms with Crippen LogP contribution in [0.5, 0.6) is 23.0 Å². The summed E-state index contributed by atoms with van der Waals surface area (Å²) in [6.07, 6.45) is 0. The zero-order chi connectivity index (χ0) is 23.9. The predicted octanol–water partition coefficient (Wildman–Crippen LogP) is 6.73. The lowest BCUT2D eigenvalue weighted by atomic mass is 9.84. The second-order valence-corrected chi connectivity index (χ2v) is 7.55. The van der Waals surface area contributed by atoms with Crippen LogP contribution in [0.2, 0.25) is 0 Å². The smallest absolute Gasteiger partial charge is 0.126 e. The fourth-order valence-electron chi connectivity index (χ4n) is 4.23. The molecule has 0 saturated carbocycles. The van der Waals surface area contributed by atoms with Crippen LogP contribution < -0.4 is 18.9 Å². The standard InChI is InChI=1S/C30H28O4/c1-31-25-17-9-5-13-21(25)29(22-14-6-10-18-26(22)32-2)30(23-15-7-11-19-27(23)33-3)24-16-8-12-20-28(24)34-4/h5-20H,1-4H3. The van der Waals surface area contributed by atoms with E-state index in [0.29, 0.717) is 0 Å². The van der Waals surface area contributed by atoms with Gasteiger partial charge in [0.2, 0.25) is 0 Å². The van der Waals surface area contributed by atoms with Gasteiger partial charge in [-0.15, -0.1) is 0 Å². The Morgan fingerprint density at radius 2 is 0.559 bits per heavy atom. The average molecular weight is 453 g/mol. The summed E-state index contributed by atoms with van der Waals surface area (Å²) in [5.41, 5.74) is 5.62. The Balaban J connectivity index is 2.26. The van der Waals surface area contributed by atoms with Gasteiger partial charge >= 0.3 is 0 Å². The molecule has 4 rings (SSSR count). The Morgan fingerprint density at radius 3 is 0.765 bits per heavy atom. The lowest BCUT2D eigenvalue weighted by Gasteiger charge is -2.23. The molecule has 34 heavy (non-hydrogen) atoms. The van der Waals surface area contributed by atoms with Gasteiger partial charge in [0.05, 0.1) is 28.4 Å². The lowest BCUT2D eigenvalue weighted by molar-refractivity contribution is 0.410. The highest BCUT2D eigenvalue weighted by Crippen LogP contribution is 2.46. The molecule has 0 aliphatic rings. The van der Waals surface area contributed by atoms with E-state index in [1.54, 1.807) is 28.4 Å². The molecule has 0 unspecified atom stereocenters. The molecule has 0 spiro atoms. The average Bonchev–Trinajstić information content (AvgIpc) is 2.91. The molecule has 4 nitrogen and oxygen atoms in total. The number of methoxy groups -OCH3 is 4. The summed E-state index contributed by atoms with van der Waals surface area (Å²) in [6.45, 7) is 0. The highest BCUT2D eigenvalue weighted by Gasteiger charge is 2.25. The van der Waals surface area contributed by atoms with Gasteiger partial charge < -0.3 is 18.9 Å². The molecule has 0 aliphatic heterocycles. The van der Waals surface area contributed by atoms with Crippen LogP contribution in [0.3, 0.4) is 0 Å². The number of ether oxygens (including phenoxy) is 4. The maximum absolute atomic E-state index is 5.82. The fraction of sp³-hybridized carbons (Fsp3) is 0.133. The van der Waals surface area contributed by atoms with E-state index >= 15 is 0 Å². The Kier molecular flexibility index (Phi) is 7.19. The van der Waals surface area contributed by atoms with Crippen molar-refractivity contribution in [2.24, 2.45) is 0 Å². The molecule has 4 aromatic carbocycles. The Bertz CT molecular complexity index is 1110. The van der Waals surface area contributed by atoms with Crippen molar-refractivity contribution in [1.82, 2.24) is 0 Å². The van der Waals surface area contributed by atoms with Crippen molar-refractivity contribution in [1.29, 1.82) is 0 Å². The second-order valence-electron chi connectivity index (χ2n) is 7.55. The van der Waals surface area contributed by atoms with E-state index in [-0.39, 0.29) is 0 Å². The van der Waals surface area contributed by atoms with Crippen molar-refractivity contribution in [2.45, 2.75) is 0 Å². The third-order valence-corrected chi connectivity index (χ3v) is 5.76. The summed E-state index contributed by atoms with van der Waals surface area (Å²) in [6, 6.07) is 32.0. The van der Waals surface area contributed by atoms with E-state index in [4.69, 9.17) is 18.9 Å². The molecule has 4 aromatic rings. The number of hydrogen-bond donors (Lipinski definition) is 0. The second kappa shape index (κ2) is 10.6. The summed E-state index contributed by atoms with van der Waals surface area (Å²) < 4.78 is 23.3. The zero-order valence-corrected chi connectivity index (χ0v) is 19.9. The van der Waals surface area contributed by atoms with Crippen LogP contribution in [0.4, 0.5) is 0 Å². The Labute approximate surface area is 201 Å². The van der Waals surface area contributed by atoms with Crippen LogP contribution >= 0.6 is 0 Å². The minimum atomic E-state index is 0.755. The maximum Gasteiger partial charge on any atom is 0.126 e. The van der Waals surface area contributed by atoms with Gasteiger partial charge in [-0.1, -0.05) is 72.8 Å². The molecule has 0 saturated heterocycles. The molecule has 0 heterocycles. The van der Waals surface area contributed by atoms with Gasteiger partial charge in [0, 0.05) is 33.4 Å². The van der Waals surface area contributed by atoms with Crippen LogP contribution in [0.25, 0.3) is 11.1 Å². The van der Waals surface area contributed by atoms with Crippen molar-refractivity contribution < 1.29 is 18.9 Å². The molecule has 0 fully saturated rings. The van der Waals surface area contributed by atoms with Crippen LogP contribution in [-0.4, -0.2) is 28.4 Å². The zero-order valence-electron chi connectivity index (χ0n) is 19.9. The van der Waals surface area contributed by atoms with E-state index in [1.165, 1.54) is 0 Å². The van der Waals surface area contributed by atoms with Crippen LogP contribution in [-0.2, 0) is 0 Å². The minimum Gasteiger partial charge on any atom is -0.496 e. The molecule has 0 amide bonds. The summed E-state index contributed by atoms with van der Waals surface area (Å²) >= 11 is 0. The first-order valence-electron chi connectivity index (χ1n) is 11.0. The van der Waals surface area contributed by atoms with Gasteiger partial charge in [0.1, 0.15) is 23.0 Å². The first-order valence-corrected chi connectivity index (χ1v) is 11.0. The molecule has 172 valence electrons. The van der Waals surface area contributed by atoms with Gasteiger partial charge in [0.25, 0.3) is 0 Å². The number of benzene rings is 4. The highest BCUT2D eigenvalue weighted by molar-refractivity contribution is 6.08. The molecule has 0 aliphatic carbocycles. The molecule has 0 aromatic heterocycles. The largest absolute Gasteiger partial charge is 0.496 e. The molecular weight excluding hydrogens is 424 g/mol. The van der Waals surface area contributed by atoms with E-state index in [2.05, 4.69) is 24.3 Å². The minimum absolute atomic E-state index is 0.755. The van der Waals surface area contributed by atoms with Crippen molar-refractivity contribution >= 4 is 11.1 Å². The molecule has 0 radical (unpaired) electrons. The first kappa shape index (κ1) is 23.0. The van der Waals surface area contributed by atoms with Crippen LogP contribution in [0.1, 0.15) is 22.3 Å². The first-order chi connectivity index (χ1) is 16.7. The number of rotatable bonds is 8. The molecule has 4 heteroatoms. The maximum atomic E-state index is 5.82. The lowest BCUT2D eigenvalue weighted by Crippen LogP contribution is -2.03. The van der Waals surface area contributed by atoms with E-state index in [1.807, 2.05) is 72.8 Å². The van der Waals surface area contributed by atoms with Gasteiger partial charge in [-0.05, 0) is 24.3 Å². The molecule has 0 atom stereocenters. The van der Waals surface area contributed by atoms with Crippen molar-refractivity contribution in [2.75, 3.05) is 28.4 Å². The van der Waals surface area contributed by atoms with Crippen molar-refractivity contribution in [3.63, 3.8) is 0 Å². The normalized spacial score (nSPS) is 10.4. The third kappa shape index (κ3) is 4.35. The third-order valence-electron chi connectivity index (χ3n) is 5.76. The van der Waals surface area contributed by atoms with Crippen molar-refractivity contribution in [3.05, 3.63) is 119 Å². The van der Waals surface area contributed by atoms with Gasteiger partial charge in [-0.3, -0.25) is 0 Å². The van der Waals surface area contributed by atoms with Gasteiger partial charge in [0.15, 0.2) is 0 Å². The van der Waals surface area contributed by atoms with E-state index in [0.717, 1.165) is 56.4 Å². The molecule has 0 bridgehead atoms. The monoisotopic (exact) mass is 452 g/mol. The summed E-state index contributed by atoms with van der Waals surface area (Å²) in [5.74, 6) is 3.02. The summed E-state index contributed by atoms with van der Waals surface area (Å²) in [7, 11) is 6.74. The molecular formula is C30H28O4. The predicted molar refractivity (Wildman–Crippen MR) is 137 cm³/mol.